The first kappa shape index (κ1) is 17.0. The summed E-state index contributed by atoms with van der Waals surface area (Å²) in [6, 6.07) is 13.5. The Balaban J connectivity index is 1.62. The van der Waals surface area contributed by atoms with Crippen molar-refractivity contribution in [1.82, 2.24) is 0 Å². The summed E-state index contributed by atoms with van der Waals surface area (Å²) in [5, 5.41) is 1.83. The molecule has 6 heteroatoms. The molecule has 0 aliphatic carbocycles. The van der Waals surface area contributed by atoms with E-state index in [4.69, 9.17) is 0 Å². The summed E-state index contributed by atoms with van der Waals surface area (Å²) in [4.78, 5) is 25.9. The number of nitrogens with two attached hydrogens (primary N) is 1. The molecule has 1 aliphatic heterocycles. The minimum Gasteiger partial charge on any atom is -0.335 e. The zero-order valence-corrected chi connectivity index (χ0v) is 15.1. The van der Waals surface area contributed by atoms with Crippen LogP contribution in [-0.4, -0.2) is 24.4 Å². The topological polar surface area (TPSA) is 54.0 Å². The predicted molar refractivity (Wildman–Crippen MR) is 97.0 cm³/mol. The first-order chi connectivity index (χ1) is 11.6. The van der Waals surface area contributed by atoms with Crippen LogP contribution in [0.2, 0.25) is 0 Å². The van der Waals surface area contributed by atoms with E-state index in [9.17, 15) is 14.0 Å². The summed E-state index contributed by atoms with van der Waals surface area (Å²) in [5.41, 5.74) is 1.23. The second-order valence-corrected chi connectivity index (χ2v) is 6.97. The summed E-state index contributed by atoms with van der Waals surface area (Å²) < 4.78 is 14.6. The monoisotopic (exact) mass is 439 g/mol. The van der Waals surface area contributed by atoms with E-state index in [2.05, 4.69) is 22.6 Å². The van der Waals surface area contributed by atoms with Gasteiger partial charge < -0.3 is 5.32 Å². The Labute approximate surface area is 153 Å². The van der Waals surface area contributed by atoms with Crippen molar-refractivity contribution >= 4 is 40.1 Å². The Morgan fingerprint density at radius 3 is 2.54 bits per heavy atom. The van der Waals surface area contributed by atoms with Crippen molar-refractivity contribution in [3.05, 3.63) is 63.5 Å². The van der Waals surface area contributed by atoms with Gasteiger partial charge in [0.25, 0.3) is 5.91 Å². The second kappa shape index (κ2) is 7.40. The molecule has 3 rings (SSSR count). The number of benzene rings is 2. The Hall–Kier alpha value is -1.80. The molecule has 2 amide bonds. The van der Waals surface area contributed by atoms with Crippen molar-refractivity contribution in [3.8, 4) is 0 Å². The zero-order valence-electron chi connectivity index (χ0n) is 12.9. The minimum atomic E-state index is -0.427. The summed E-state index contributed by atoms with van der Waals surface area (Å²) in [6.45, 7) is 0.561. The van der Waals surface area contributed by atoms with Gasteiger partial charge >= 0.3 is 0 Å². The number of anilines is 1. The number of amides is 2. The molecule has 1 fully saturated rings. The van der Waals surface area contributed by atoms with Crippen LogP contribution in [0.3, 0.4) is 0 Å². The third-order valence-corrected chi connectivity index (χ3v) is 4.81. The van der Waals surface area contributed by atoms with E-state index >= 15 is 0 Å². The van der Waals surface area contributed by atoms with Crippen LogP contribution >= 0.6 is 22.6 Å². The Kier molecular flexibility index (Phi) is 5.25. The number of carbonyl (C=O) groups excluding carboxylic acids is 2. The average Bonchev–Trinajstić information content (AvgIpc) is 2.84. The number of imide groups is 1. The van der Waals surface area contributed by atoms with E-state index < -0.39 is 6.04 Å². The molecule has 0 bridgehead atoms. The van der Waals surface area contributed by atoms with Gasteiger partial charge in [-0.15, -0.1) is 0 Å². The third-order valence-electron chi connectivity index (χ3n) is 4.09. The van der Waals surface area contributed by atoms with Crippen LogP contribution in [0, 0.1) is 9.39 Å². The molecule has 1 heterocycles. The van der Waals surface area contributed by atoms with Gasteiger partial charge in [-0.25, -0.2) is 9.29 Å². The molecule has 0 saturated carbocycles. The third kappa shape index (κ3) is 3.64. The number of quaternary nitrogens is 1. The highest BCUT2D eigenvalue weighted by Gasteiger charge is 2.41. The van der Waals surface area contributed by atoms with Gasteiger partial charge in [-0.2, -0.15) is 0 Å². The number of nitrogens with zero attached hydrogens (tertiary/aromatic N) is 1. The maximum Gasteiger partial charge on any atom is 0.292 e. The quantitative estimate of drug-likeness (QED) is 0.572. The van der Waals surface area contributed by atoms with Crippen LogP contribution in [-0.2, 0) is 16.0 Å². The van der Waals surface area contributed by atoms with Crippen LogP contribution in [0.1, 0.15) is 12.0 Å². The fourth-order valence-corrected chi connectivity index (χ4v) is 3.20. The molecule has 0 aromatic heterocycles. The summed E-state index contributed by atoms with van der Waals surface area (Å²) in [7, 11) is 0. The van der Waals surface area contributed by atoms with E-state index in [-0.39, 0.29) is 24.1 Å². The molecule has 2 aromatic carbocycles. The maximum atomic E-state index is 13.6. The lowest BCUT2D eigenvalue weighted by Gasteiger charge is -2.14. The first-order valence-corrected chi connectivity index (χ1v) is 8.83. The van der Waals surface area contributed by atoms with Crippen LogP contribution in [0.25, 0.3) is 0 Å². The maximum absolute atomic E-state index is 13.6. The van der Waals surface area contributed by atoms with E-state index in [1.54, 1.807) is 30.3 Å². The Morgan fingerprint density at radius 2 is 1.83 bits per heavy atom. The molecule has 0 spiro atoms. The SMILES string of the molecule is O=C1CC([NH2+]CCc2ccccc2F)C(=O)N1c1ccc(I)cc1. The van der Waals surface area contributed by atoms with E-state index in [0.29, 0.717) is 24.2 Å². The van der Waals surface area contributed by atoms with Crippen molar-refractivity contribution < 1.29 is 19.3 Å². The normalized spacial score (nSPS) is 17.6. The van der Waals surface area contributed by atoms with Crippen molar-refractivity contribution in [2.75, 3.05) is 11.4 Å². The smallest absolute Gasteiger partial charge is 0.292 e. The first-order valence-electron chi connectivity index (χ1n) is 7.75. The molecule has 2 aromatic rings. The highest BCUT2D eigenvalue weighted by Crippen LogP contribution is 2.22. The van der Waals surface area contributed by atoms with Crippen molar-refractivity contribution in [2.24, 2.45) is 0 Å². The number of carbonyl (C=O) groups is 2. The van der Waals surface area contributed by atoms with E-state index in [0.717, 1.165) is 3.57 Å². The van der Waals surface area contributed by atoms with Gasteiger partial charge in [0, 0.05) is 9.99 Å². The van der Waals surface area contributed by atoms with Crippen LogP contribution in [0.5, 0.6) is 0 Å². The van der Waals surface area contributed by atoms with Gasteiger partial charge in [0.15, 0.2) is 6.04 Å². The number of hydrogen-bond donors (Lipinski definition) is 1. The largest absolute Gasteiger partial charge is 0.335 e. The van der Waals surface area contributed by atoms with Gasteiger partial charge in [0.05, 0.1) is 18.7 Å². The molecule has 4 nitrogen and oxygen atoms in total. The lowest BCUT2D eigenvalue weighted by Crippen LogP contribution is -2.92. The van der Waals surface area contributed by atoms with Crippen molar-refractivity contribution in [3.63, 3.8) is 0 Å². The summed E-state index contributed by atoms with van der Waals surface area (Å²) in [6.07, 6.45) is 0.705. The molecule has 1 atom stereocenters. The van der Waals surface area contributed by atoms with E-state index in [1.807, 2.05) is 17.4 Å². The fraction of sp³-hybridized carbons (Fsp3) is 0.222. The highest BCUT2D eigenvalue weighted by molar-refractivity contribution is 14.1. The molecule has 1 saturated heterocycles. The highest BCUT2D eigenvalue weighted by atomic mass is 127. The van der Waals surface area contributed by atoms with Gasteiger partial charge in [-0.05, 0) is 58.5 Å². The second-order valence-electron chi connectivity index (χ2n) is 5.72. The standard InChI is InChI=1S/C18H16FIN2O2/c19-15-4-2-1-3-12(15)9-10-21-16-11-17(23)22(18(16)24)14-7-5-13(20)6-8-14/h1-8,16,21H,9-11H2/p+1. The van der Waals surface area contributed by atoms with Gasteiger partial charge in [0.2, 0.25) is 5.91 Å². The van der Waals surface area contributed by atoms with Crippen LogP contribution in [0.15, 0.2) is 48.5 Å². The van der Waals surface area contributed by atoms with E-state index in [1.165, 1.54) is 11.0 Å². The molecule has 2 N–H and O–H groups in total. The molecule has 124 valence electrons. The molecule has 0 radical (unpaired) electrons. The number of hydrogen-bond acceptors (Lipinski definition) is 2. The number of rotatable bonds is 5. The predicted octanol–water partition coefficient (Wildman–Crippen LogP) is 1.87. The number of halogens is 2. The van der Waals surface area contributed by atoms with Gasteiger partial charge in [0.1, 0.15) is 5.82 Å². The van der Waals surface area contributed by atoms with Gasteiger partial charge in [-0.1, -0.05) is 18.2 Å². The summed E-state index contributed by atoms with van der Waals surface area (Å²) >= 11 is 2.18. The lowest BCUT2D eigenvalue weighted by atomic mass is 10.1. The van der Waals surface area contributed by atoms with Gasteiger partial charge in [-0.3, -0.25) is 9.59 Å². The molecule has 24 heavy (non-hydrogen) atoms. The average molecular weight is 439 g/mol. The van der Waals surface area contributed by atoms with Crippen molar-refractivity contribution in [1.29, 1.82) is 0 Å². The van der Waals surface area contributed by atoms with Crippen molar-refractivity contribution in [2.45, 2.75) is 18.9 Å². The minimum absolute atomic E-state index is 0.183. The zero-order chi connectivity index (χ0) is 17.1. The van der Waals surface area contributed by atoms with Crippen LogP contribution < -0.4 is 10.2 Å². The molecule has 1 aliphatic rings. The molecular formula is C18H17FIN2O2+. The molecular weight excluding hydrogens is 422 g/mol. The fourth-order valence-electron chi connectivity index (χ4n) is 2.84. The van der Waals surface area contributed by atoms with Crippen LogP contribution in [0.4, 0.5) is 10.1 Å². The Morgan fingerprint density at radius 1 is 1.12 bits per heavy atom. The Bertz CT molecular complexity index is 764. The summed E-state index contributed by atoms with van der Waals surface area (Å²) in [5.74, 6) is -0.622. The lowest BCUT2D eigenvalue weighted by molar-refractivity contribution is -0.674. The molecule has 1 unspecified atom stereocenters.